The maximum atomic E-state index is 11.9. The van der Waals surface area contributed by atoms with Crippen molar-refractivity contribution in [2.45, 2.75) is 46.5 Å². The van der Waals surface area contributed by atoms with Crippen LogP contribution < -0.4 is 10.6 Å². The molecule has 0 aromatic carbocycles. The van der Waals surface area contributed by atoms with Gasteiger partial charge in [-0.25, -0.2) is 4.98 Å². The molecule has 20 heavy (non-hydrogen) atoms. The highest BCUT2D eigenvalue weighted by molar-refractivity contribution is 5.92. The molecule has 4 nitrogen and oxygen atoms in total. The molecule has 0 bridgehead atoms. The number of pyridine rings is 1. The Morgan fingerprint density at radius 1 is 1.25 bits per heavy atom. The molecule has 0 atom stereocenters. The van der Waals surface area contributed by atoms with Gasteiger partial charge in [0.1, 0.15) is 5.69 Å². The minimum absolute atomic E-state index is 0.0865. The Hall–Kier alpha value is -1.58. The molecular weight excluding hydrogens is 250 g/mol. The Kier molecular flexibility index (Phi) is 7.70. The van der Waals surface area contributed by atoms with Crippen LogP contribution in [-0.4, -0.2) is 24.0 Å². The molecule has 1 rings (SSSR count). The number of amides is 1. The van der Waals surface area contributed by atoms with E-state index in [1.54, 1.807) is 12.3 Å². The zero-order chi connectivity index (χ0) is 14.8. The lowest BCUT2D eigenvalue weighted by molar-refractivity contribution is 0.0948. The molecule has 1 amide bonds. The van der Waals surface area contributed by atoms with E-state index < -0.39 is 0 Å². The van der Waals surface area contributed by atoms with Crippen LogP contribution in [0.4, 0.5) is 5.69 Å². The maximum absolute atomic E-state index is 11.9. The predicted octanol–water partition coefficient (Wildman–Crippen LogP) is 3.46. The normalized spacial score (nSPS) is 10.6. The Balaban J connectivity index is 2.29. The Morgan fingerprint density at radius 3 is 2.65 bits per heavy atom. The summed E-state index contributed by atoms with van der Waals surface area (Å²) in [6, 6.07) is 3.66. The largest absolute Gasteiger partial charge is 0.384 e. The first-order valence-electron chi connectivity index (χ1n) is 7.61. The van der Waals surface area contributed by atoms with Crippen LogP contribution in [0, 0.1) is 5.92 Å². The molecule has 112 valence electrons. The number of hydrogen-bond acceptors (Lipinski definition) is 3. The highest BCUT2D eigenvalue weighted by atomic mass is 16.1. The standard InChI is InChI=1S/C16H27N3O/c1-4-10-17-14-8-9-15(19-12-14)16(20)18-11-6-5-7-13(2)3/h8-9,12-13,17H,4-7,10-11H2,1-3H3,(H,18,20). The van der Waals surface area contributed by atoms with Crippen LogP contribution >= 0.6 is 0 Å². The van der Waals surface area contributed by atoms with Crippen molar-refractivity contribution < 1.29 is 4.79 Å². The fraction of sp³-hybridized carbons (Fsp3) is 0.625. The summed E-state index contributed by atoms with van der Waals surface area (Å²) in [7, 11) is 0. The summed E-state index contributed by atoms with van der Waals surface area (Å²) in [5, 5.41) is 6.15. The van der Waals surface area contributed by atoms with Crippen molar-refractivity contribution in [1.29, 1.82) is 0 Å². The number of hydrogen-bond donors (Lipinski definition) is 2. The average Bonchev–Trinajstić information content (AvgIpc) is 2.44. The molecule has 0 aliphatic heterocycles. The summed E-state index contributed by atoms with van der Waals surface area (Å²) in [5.41, 5.74) is 1.44. The number of carbonyl (C=O) groups is 1. The van der Waals surface area contributed by atoms with E-state index in [2.05, 4.69) is 36.4 Å². The van der Waals surface area contributed by atoms with Crippen LogP contribution in [0.15, 0.2) is 18.3 Å². The highest BCUT2D eigenvalue weighted by Gasteiger charge is 2.06. The third-order valence-corrected chi connectivity index (χ3v) is 3.07. The summed E-state index contributed by atoms with van der Waals surface area (Å²) >= 11 is 0. The smallest absolute Gasteiger partial charge is 0.269 e. The molecule has 0 aliphatic rings. The number of carbonyl (C=O) groups excluding carboxylic acids is 1. The van der Waals surface area contributed by atoms with Crippen molar-refractivity contribution in [3.63, 3.8) is 0 Å². The number of nitrogens with zero attached hydrogens (tertiary/aromatic N) is 1. The molecule has 0 aliphatic carbocycles. The number of aromatic nitrogens is 1. The summed E-state index contributed by atoms with van der Waals surface area (Å²) in [6.45, 7) is 8.20. The van der Waals surface area contributed by atoms with Gasteiger partial charge in [0, 0.05) is 13.1 Å². The summed E-state index contributed by atoms with van der Waals surface area (Å²) in [6.07, 6.45) is 6.18. The van der Waals surface area contributed by atoms with E-state index in [0.29, 0.717) is 5.69 Å². The molecule has 1 aromatic rings. The molecule has 0 fully saturated rings. The predicted molar refractivity (Wildman–Crippen MR) is 84.0 cm³/mol. The van der Waals surface area contributed by atoms with Gasteiger partial charge in [0.2, 0.25) is 0 Å². The van der Waals surface area contributed by atoms with Gasteiger partial charge in [-0.2, -0.15) is 0 Å². The highest BCUT2D eigenvalue weighted by Crippen LogP contribution is 2.07. The second-order valence-electron chi connectivity index (χ2n) is 5.50. The molecule has 1 heterocycles. The third-order valence-electron chi connectivity index (χ3n) is 3.07. The van der Waals surface area contributed by atoms with Gasteiger partial charge in [0.05, 0.1) is 11.9 Å². The fourth-order valence-electron chi connectivity index (χ4n) is 1.87. The second kappa shape index (κ2) is 9.34. The quantitative estimate of drug-likeness (QED) is 0.680. The number of rotatable bonds is 9. The van der Waals surface area contributed by atoms with Crippen LogP contribution in [0.1, 0.15) is 56.9 Å². The zero-order valence-electron chi connectivity index (χ0n) is 12.9. The SMILES string of the molecule is CCCNc1ccc(C(=O)NCCCCC(C)C)nc1. The summed E-state index contributed by atoms with van der Waals surface area (Å²) < 4.78 is 0. The van der Waals surface area contributed by atoms with Crippen molar-refractivity contribution in [1.82, 2.24) is 10.3 Å². The minimum atomic E-state index is -0.0865. The molecule has 2 N–H and O–H groups in total. The van der Waals surface area contributed by atoms with Crippen LogP contribution in [-0.2, 0) is 0 Å². The van der Waals surface area contributed by atoms with Gasteiger partial charge >= 0.3 is 0 Å². The van der Waals surface area contributed by atoms with Crippen LogP contribution in [0.3, 0.4) is 0 Å². The summed E-state index contributed by atoms with van der Waals surface area (Å²) in [5.74, 6) is 0.645. The van der Waals surface area contributed by atoms with Gasteiger partial charge in [-0.05, 0) is 30.9 Å². The van der Waals surface area contributed by atoms with Crippen LogP contribution in [0.2, 0.25) is 0 Å². The van der Waals surface area contributed by atoms with Gasteiger partial charge in [-0.1, -0.05) is 33.6 Å². The Labute approximate surface area is 122 Å². The lowest BCUT2D eigenvalue weighted by atomic mass is 10.1. The number of nitrogens with one attached hydrogen (secondary N) is 2. The second-order valence-corrected chi connectivity index (χ2v) is 5.50. The van der Waals surface area contributed by atoms with E-state index in [1.165, 1.54) is 6.42 Å². The minimum Gasteiger partial charge on any atom is -0.384 e. The van der Waals surface area contributed by atoms with E-state index in [1.807, 2.05) is 6.07 Å². The molecule has 0 saturated heterocycles. The number of unbranched alkanes of at least 4 members (excludes halogenated alkanes) is 1. The topological polar surface area (TPSA) is 54.0 Å². The molecule has 0 unspecified atom stereocenters. The first-order chi connectivity index (χ1) is 9.63. The van der Waals surface area contributed by atoms with Crippen molar-refractivity contribution in [2.24, 2.45) is 5.92 Å². The Bertz CT molecular complexity index is 387. The van der Waals surface area contributed by atoms with Crippen molar-refractivity contribution in [3.05, 3.63) is 24.0 Å². The van der Waals surface area contributed by atoms with Gasteiger partial charge in [-0.3, -0.25) is 4.79 Å². The van der Waals surface area contributed by atoms with E-state index >= 15 is 0 Å². The van der Waals surface area contributed by atoms with E-state index in [0.717, 1.165) is 44.0 Å². The molecular formula is C16H27N3O. The lowest BCUT2D eigenvalue weighted by Crippen LogP contribution is -2.25. The molecule has 1 aromatic heterocycles. The van der Waals surface area contributed by atoms with Gasteiger partial charge in [0.15, 0.2) is 0 Å². The lowest BCUT2D eigenvalue weighted by Gasteiger charge is -2.07. The molecule has 0 saturated carbocycles. The fourth-order valence-corrected chi connectivity index (χ4v) is 1.87. The Morgan fingerprint density at radius 2 is 2.05 bits per heavy atom. The maximum Gasteiger partial charge on any atom is 0.269 e. The van der Waals surface area contributed by atoms with E-state index in [9.17, 15) is 4.79 Å². The van der Waals surface area contributed by atoms with Crippen LogP contribution in [0.5, 0.6) is 0 Å². The number of anilines is 1. The van der Waals surface area contributed by atoms with E-state index in [-0.39, 0.29) is 5.91 Å². The molecule has 4 heteroatoms. The van der Waals surface area contributed by atoms with Crippen molar-refractivity contribution in [2.75, 3.05) is 18.4 Å². The average molecular weight is 277 g/mol. The summed E-state index contributed by atoms with van der Waals surface area (Å²) in [4.78, 5) is 16.1. The van der Waals surface area contributed by atoms with Gasteiger partial charge < -0.3 is 10.6 Å². The van der Waals surface area contributed by atoms with Crippen molar-refractivity contribution in [3.8, 4) is 0 Å². The molecule has 0 radical (unpaired) electrons. The first kappa shape index (κ1) is 16.5. The van der Waals surface area contributed by atoms with Gasteiger partial charge in [0.25, 0.3) is 5.91 Å². The zero-order valence-corrected chi connectivity index (χ0v) is 12.9. The first-order valence-corrected chi connectivity index (χ1v) is 7.61. The third kappa shape index (κ3) is 6.55. The van der Waals surface area contributed by atoms with Gasteiger partial charge in [-0.15, -0.1) is 0 Å². The molecule has 0 spiro atoms. The van der Waals surface area contributed by atoms with Crippen LogP contribution in [0.25, 0.3) is 0 Å². The monoisotopic (exact) mass is 277 g/mol. The van der Waals surface area contributed by atoms with Crippen molar-refractivity contribution >= 4 is 11.6 Å². The van der Waals surface area contributed by atoms with E-state index in [4.69, 9.17) is 0 Å².